The molecule has 1 fully saturated rings. The Bertz CT molecular complexity index is 481. The highest BCUT2D eigenvalue weighted by Gasteiger charge is 2.12. The van der Waals surface area contributed by atoms with Gasteiger partial charge in [0, 0.05) is 25.7 Å². The summed E-state index contributed by atoms with van der Waals surface area (Å²) in [6.07, 6.45) is 2.70. The van der Waals surface area contributed by atoms with Crippen molar-refractivity contribution in [3.63, 3.8) is 0 Å². The zero-order chi connectivity index (χ0) is 15.1. The second kappa shape index (κ2) is 8.14. The van der Waals surface area contributed by atoms with Crippen LogP contribution in [0.3, 0.4) is 0 Å². The first-order valence-corrected chi connectivity index (χ1v) is 7.77. The van der Waals surface area contributed by atoms with Crippen LogP contribution in [-0.4, -0.2) is 49.2 Å². The van der Waals surface area contributed by atoms with E-state index < -0.39 is 0 Å². The summed E-state index contributed by atoms with van der Waals surface area (Å²) in [5.74, 6) is 0.652. The molecule has 21 heavy (non-hydrogen) atoms. The van der Waals surface area contributed by atoms with Crippen molar-refractivity contribution in [3.05, 3.63) is 22.6 Å². The topological polar surface area (TPSA) is 59.4 Å². The zero-order valence-electron chi connectivity index (χ0n) is 13.0. The first kappa shape index (κ1) is 16.0. The Morgan fingerprint density at radius 2 is 2.14 bits per heavy atom. The number of nitrogens with zero attached hydrogens (tertiary/aromatic N) is 3. The number of nitrogens with one attached hydrogen (secondary N) is 1. The van der Waals surface area contributed by atoms with Crippen LogP contribution >= 0.6 is 0 Å². The average molecular weight is 294 g/mol. The molecular formula is C15H26N4O2. The molecule has 2 rings (SSSR count). The third kappa shape index (κ3) is 5.13. The van der Waals surface area contributed by atoms with Crippen molar-refractivity contribution < 1.29 is 4.74 Å². The number of aromatic nitrogens is 2. The van der Waals surface area contributed by atoms with E-state index >= 15 is 0 Å². The van der Waals surface area contributed by atoms with Gasteiger partial charge in [0.1, 0.15) is 0 Å². The summed E-state index contributed by atoms with van der Waals surface area (Å²) in [5, 5.41) is 7.65. The summed E-state index contributed by atoms with van der Waals surface area (Å²) < 4.78 is 6.86. The van der Waals surface area contributed by atoms with Gasteiger partial charge in [-0.3, -0.25) is 4.79 Å². The number of aryl methyl sites for hydroxylation is 1. The molecule has 0 aromatic carbocycles. The Kier molecular flexibility index (Phi) is 6.20. The molecule has 0 unspecified atom stereocenters. The monoisotopic (exact) mass is 294 g/mol. The number of hydrogen-bond donors (Lipinski definition) is 1. The molecule has 1 aliphatic rings. The second-order valence-electron chi connectivity index (χ2n) is 5.83. The first-order chi connectivity index (χ1) is 10.2. The Morgan fingerprint density at radius 1 is 1.38 bits per heavy atom. The Balaban J connectivity index is 1.83. The largest absolute Gasteiger partial charge is 0.378 e. The third-order valence-electron chi connectivity index (χ3n) is 3.51. The predicted octanol–water partition coefficient (Wildman–Crippen LogP) is 0.716. The maximum atomic E-state index is 12.1. The molecule has 1 aromatic rings. The van der Waals surface area contributed by atoms with Gasteiger partial charge in [0.2, 0.25) is 0 Å². The lowest BCUT2D eigenvalue weighted by Gasteiger charge is -2.28. The molecule has 0 amide bonds. The molecule has 0 bridgehead atoms. The van der Waals surface area contributed by atoms with Crippen molar-refractivity contribution in [2.45, 2.75) is 26.8 Å². The van der Waals surface area contributed by atoms with Crippen LogP contribution in [0.25, 0.3) is 0 Å². The predicted molar refractivity (Wildman–Crippen MR) is 83.9 cm³/mol. The van der Waals surface area contributed by atoms with Crippen molar-refractivity contribution in [1.82, 2.24) is 15.1 Å². The minimum Gasteiger partial charge on any atom is -0.378 e. The quantitative estimate of drug-likeness (QED) is 0.751. The molecule has 0 radical (unpaired) electrons. The molecule has 1 aromatic heterocycles. The number of rotatable bonds is 7. The molecule has 0 atom stereocenters. The molecule has 0 aliphatic carbocycles. The fourth-order valence-electron chi connectivity index (χ4n) is 2.33. The van der Waals surface area contributed by atoms with Gasteiger partial charge in [-0.2, -0.15) is 5.10 Å². The highest BCUT2D eigenvalue weighted by molar-refractivity contribution is 5.43. The molecule has 1 N–H and O–H groups in total. The van der Waals surface area contributed by atoms with E-state index in [-0.39, 0.29) is 5.56 Å². The Hall–Kier alpha value is -1.40. The van der Waals surface area contributed by atoms with Crippen LogP contribution in [-0.2, 0) is 11.3 Å². The minimum absolute atomic E-state index is 0.0251. The fourth-order valence-corrected chi connectivity index (χ4v) is 2.33. The van der Waals surface area contributed by atoms with Gasteiger partial charge in [-0.25, -0.2) is 4.68 Å². The SMILES string of the molecule is CC(C)CNCCCn1ncc(N2CCOCC2)cc1=O. The van der Waals surface area contributed by atoms with Gasteiger partial charge in [-0.05, 0) is 25.4 Å². The standard InChI is InChI=1S/C15H26N4O2/c1-13(2)11-16-4-3-5-19-15(20)10-14(12-17-19)18-6-8-21-9-7-18/h10,12-13,16H,3-9,11H2,1-2H3. The van der Waals surface area contributed by atoms with Gasteiger partial charge in [-0.1, -0.05) is 13.8 Å². The normalized spacial score (nSPS) is 15.7. The maximum Gasteiger partial charge on any atom is 0.268 e. The second-order valence-corrected chi connectivity index (χ2v) is 5.83. The summed E-state index contributed by atoms with van der Waals surface area (Å²) in [6.45, 7) is 10.0. The van der Waals surface area contributed by atoms with E-state index in [1.807, 2.05) is 0 Å². The summed E-state index contributed by atoms with van der Waals surface area (Å²) >= 11 is 0. The van der Waals surface area contributed by atoms with E-state index in [1.165, 1.54) is 0 Å². The van der Waals surface area contributed by atoms with Gasteiger partial charge in [0.25, 0.3) is 5.56 Å². The van der Waals surface area contributed by atoms with E-state index in [9.17, 15) is 4.79 Å². The van der Waals surface area contributed by atoms with E-state index in [2.05, 4.69) is 29.2 Å². The van der Waals surface area contributed by atoms with Crippen molar-refractivity contribution >= 4 is 5.69 Å². The average Bonchev–Trinajstić information content (AvgIpc) is 2.49. The van der Waals surface area contributed by atoms with Crippen LogP contribution in [0.2, 0.25) is 0 Å². The smallest absolute Gasteiger partial charge is 0.268 e. The fraction of sp³-hybridized carbons (Fsp3) is 0.733. The molecule has 1 aliphatic heterocycles. The Morgan fingerprint density at radius 3 is 2.81 bits per heavy atom. The number of hydrogen-bond acceptors (Lipinski definition) is 5. The van der Waals surface area contributed by atoms with Crippen molar-refractivity contribution in [3.8, 4) is 0 Å². The molecule has 0 spiro atoms. The summed E-state index contributed by atoms with van der Waals surface area (Å²) in [7, 11) is 0. The summed E-state index contributed by atoms with van der Waals surface area (Å²) in [5.41, 5.74) is 0.875. The lowest BCUT2D eigenvalue weighted by atomic mass is 10.2. The maximum absolute atomic E-state index is 12.1. The summed E-state index contributed by atoms with van der Waals surface area (Å²) in [6, 6.07) is 1.68. The minimum atomic E-state index is -0.0251. The van der Waals surface area contributed by atoms with Crippen molar-refractivity contribution in [2.75, 3.05) is 44.3 Å². The lowest BCUT2D eigenvalue weighted by molar-refractivity contribution is 0.122. The summed E-state index contributed by atoms with van der Waals surface area (Å²) in [4.78, 5) is 14.2. The van der Waals surface area contributed by atoms with Crippen LogP contribution in [0.4, 0.5) is 5.69 Å². The molecule has 0 saturated carbocycles. The van der Waals surface area contributed by atoms with E-state index in [0.29, 0.717) is 25.7 Å². The van der Waals surface area contributed by atoms with Gasteiger partial charge >= 0.3 is 0 Å². The van der Waals surface area contributed by atoms with E-state index in [4.69, 9.17) is 4.74 Å². The first-order valence-electron chi connectivity index (χ1n) is 7.77. The highest BCUT2D eigenvalue weighted by atomic mass is 16.5. The van der Waals surface area contributed by atoms with Gasteiger partial charge in [0.05, 0.1) is 25.1 Å². The van der Waals surface area contributed by atoms with Gasteiger partial charge in [0.15, 0.2) is 0 Å². The van der Waals surface area contributed by atoms with E-state index in [1.54, 1.807) is 16.9 Å². The van der Waals surface area contributed by atoms with Crippen molar-refractivity contribution in [2.24, 2.45) is 5.92 Å². The van der Waals surface area contributed by atoms with Crippen LogP contribution in [0.15, 0.2) is 17.1 Å². The molecule has 6 heteroatoms. The molecule has 118 valence electrons. The van der Waals surface area contributed by atoms with Crippen molar-refractivity contribution in [1.29, 1.82) is 0 Å². The Labute approximate surface area is 126 Å². The van der Waals surface area contributed by atoms with Crippen LogP contribution in [0.1, 0.15) is 20.3 Å². The molecule has 6 nitrogen and oxygen atoms in total. The van der Waals surface area contributed by atoms with Gasteiger partial charge < -0.3 is 15.0 Å². The van der Waals surface area contributed by atoms with Crippen LogP contribution in [0, 0.1) is 5.92 Å². The number of ether oxygens (including phenoxy) is 1. The molecular weight excluding hydrogens is 268 g/mol. The number of morpholine rings is 1. The molecule has 2 heterocycles. The number of anilines is 1. The van der Waals surface area contributed by atoms with Gasteiger partial charge in [-0.15, -0.1) is 0 Å². The highest BCUT2D eigenvalue weighted by Crippen LogP contribution is 2.11. The zero-order valence-corrected chi connectivity index (χ0v) is 13.0. The third-order valence-corrected chi connectivity index (χ3v) is 3.51. The van der Waals surface area contributed by atoms with Crippen LogP contribution in [0.5, 0.6) is 0 Å². The molecule has 1 saturated heterocycles. The lowest BCUT2D eigenvalue weighted by Crippen LogP contribution is -2.37. The van der Waals surface area contributed by atoms with E-state index in [0.717, 1.165) is 38.3 Å². The van der Waals surface area contributed by atoms with Crippen LogP contribution < -0.4 is 15.8 Å².